The standard InChI is InChI=1S/C32H35OP.ClH/c1-24-25(2)32(30-23-15-14-22-29(30)31(24)33-3)34(4,26-16-8-5-9-17-26,27-18-10-6-11-19-27)28-20-12-7-13-21-28;/h5-13,16-21H,14-15,22-23H2,1-4H3;1H. The molecule has 4 aromatic rings. The van der Waals surface area contributed by atoms with Gasteiger partial charge < -0.3 is 0 Å². The first-order valence-electron chi connectivity index (χ1n) is 12.4. The first-order valence-corrected chi connectivity index (χ1v) is 15.1. The van der Waals surface area contributed by atoms with Gasteiger partial charge in [0.1, 0.15) is 0 Å². The van der Waals surface area contributed by atoms with Crippen molar-refractivity contribution in [1.82, 2.24) is 0 Å². The monoisotopic (exact) mass is 502 g/mol. The van der Waals surface area contributed by atoms with E-state index in [1.807, 2.05) is 7.11 Å². The third-order valence-corrected chi connectivity index (χ3v) is 14.7. The minimum atomic E-state index is -3.08. The smallest absolute Gasteiger partial charge is 0.147 e. The molecule has 0 bridgehead atoms. The van der Waals surface area contributed by atoms with Gasteiger partial charge >= 0.3 is 205 Å². The maximum absolute atomic E-state index is 6.06. The molecule has 0 amide bonds. The molecule has 4 aromatic carbocycles. The molecule has 0 unspecified atom stereocenters. The summed E-state index contributed by atoms with van der Waals surface area (Å²) in [6, 6.07) is 33.9. The molecule has 0 saturated heterocycles. The van der Waals surface area contributed by atoms with Gasteiger partial charge in [-0.05, 0) is 0 Å². The van der Waals surface area contributed by atoms with Crippen molar-refractivity contribution in [2.45, 2.75) is 39.5 Å². The second-order valence-electron chi connectivity index (χ2n) is 9.87. The molecule has 1 nitrogen and oxygen atoms in total. The maximum atomic E-state index is 6.06. The van der Waals surface area contributed by atoms with Crippen LogP contribution < -0.4 is 26.0 Å². The Morgan fingerprint density at radius 3 is 1.40 bits per heavy atom. The van der Waals surface area contributed by atoms with Crippen molar-refractivity contribution in [3.8, 4) is 5.75 Å². The molecule has 0 atom stereocenters. The van der Waals surface area contributed by atoms with Gasteiger partial charge in [-0.3, -0.25) is 0 Å². The van der Waals surface area contributed by atoms with Crippen LogP contribution in [0.15, 0.2) is 91.0 Å². The SMILES string of the molecule is COc1c(C)c(C)c(P(C)(c2ccccc2)(c2ccccc2)c2ccccc2)c2c1CCCC2.Cl. The molecule has 0 aromatic heterocycles. The van der Waals surface area contributed by atoms with Crippen LogP contribution in [-0.4, -0.2) is 13.8 Å². The zero-order valence-corrected chi connectivity index (χ0v) is 23.0. The Kier molecular flexibility index (Phi) is 7.14. The Labute approximate surface area is 216 Å². The van der Waals surface area contributed by atoms with Crippen LogP contribution in [0.2, 0.25) is 0 Å². The molecule has 0 saturated carbocycles. The van der Waals surface area contributed by atoms with E-state index in [0.29, 0.717) is 0 Å². The summed E-state index contributed by atoms with van der Waals surface area (Å²) in [5, 5.41) is 5.83. The molecule has 1 aliphatic carbocycles. The molecule has 0 radical (unpaired) electrons. The van der Waals surface area contributed by atoms with Crippen molar-refractivity contribution in [3.05, 3.63) is 113 Å². The Balaban J connectivity index is 0.00000289. The van der Waals surface area contributed by atoms with E-state index in [0.717, 1.165) is 18.6 Å². The summed E-state index contributed by atoms with van der Waals surface area (Å²) in [4.78, 5) is 0. The topological polar surface area (TPSA) is 9.23 Å². The van der Waals surface area contributed by atoms with E-state index in [9.17, 15) is 0 Å². The van der Waals surface area contributed by atoms with Crippen molar-refractivity contribution < 1.29 is 4.74 Å². The Morgan fingerprint density at radius 1 is 0.600 bits per heavy atom. The second kappa shape index (κ2) is 9.81. The third kappa shape index (κ3) is 3.64. The minimum Gasteiger partial charge on any atom is -0.147 e. The van der Waals surface area contributed by atoms with E-state index in [4.69, 9.17) is 4.74 Å². The number of hydrogen-bond acceptors (Lipinski definition) is 1. The van der Waals surface area contributed by atoms with Crippen molar-refractivity contribution in [2.75, 3.05) is 13.8 Å². The number of methoxy groups -OCH3 is 1. The first-order chi connectivity index (χ1) is 16.5. The predicted octanol–water partition coefficient (Wildman–Crippen LogP) is 6.40. The van der Waals surface area contributed by atoms with E-state index in [2.05, 4.69) is 112 Å². The normalized spacial score (nSPS) is 14.2. The maximum Gasteiger partial charge on any atom is -0.147 e. The Morgan fingerprint density at radius 2 is 1.00 bits per heavy atom. The van der Waals surface area contributed by atoms with Gasteiger partial charge in [0.2, 0.25) is 0 Å². The van der Waals surface area contributed by atoms with E-state index < -0.39 is 6.60 Å². The molecule has 182 valence electrons. The van der Waals surface area contributed by atoms with E-state index >= 15 is 0 Å². The van der Waals surface area contributed by atoms with Gasteiger partial charge in [0.15, 0.2) is 0 Å². The minimum absolute atomic E-state index is 0. The number of ether oxygens (including phenoxy) is 1. The largest absolute Gasteiger partial charge is 0.147 e. The zero-order chi connectivity index (χ0) is 23.8. The van der Waals surface area contributed by atoms with Crippen LogP contribution in [0.1, 0.15) is 35.1 Å². The summed E-state index contributed by atoms with van der Waals surface area (Å²) in [5.74, 6) is 1.11. The van der Waals surface area contributed by atoms with Crippen LogP contribution >= 0.6 is 19.0 Å². The van der Waals surface area contributed by atoms with Crippen LogP contribution in [-0.2, 0) is 12.8 Å². The van der Waals surface area contributed by atoms with Gasteiger partial charge in [-0.15, -0.1) is 12.4 Å². The fraction of sp³-hybridized carbons (Fsp3) is 0.250. The van der Waals surface area contributed by atoms with Crippen molar-refractivity contribution in [3.63, 3.8) is 0 Å². The van der Waals surface area contributed by atoms with E-state index in [1.165, 1.54) is 51.0 Å². The molecule has 0 fully saturated rings. The molecule has 35 heavy (non-hydrogen) atoms. The van der Waals surface area contributed by atoms with Gasteiger partial charge in [-0.25, -0.2) is 0 Å². The van der Waals surface area contributed by atoms with Crippen LogP contribution in [0.25, 0.3) is 0 Å². The summed E-state index contributed by atoms with van der Waals surface area (Å²) in [6.07, 6.45) is 4.67. The quantitative estimate of drug-likeness (QED) is 0.287. The molecule has 3 heteroatoms. The average Bonchev–Trinajstić information content (AvgIpc) is 2.91. The average molecular weight is 503 g/mol. The fourth-order valence-electron chi connectivity index (χ4n) is 6.49. The molecule has 0 heterocycles. The first kappa shape index (κ1) is 25.5. The van der Waals surface area contributed by atoms with Gasteiger partial charge in [-0.1, -0.05) is 0 Å². The molecule has 1 aliphatic rings. The molecular formula is C32H36ClOP. The molecular weight excluding hydrogens is 467 g/mol. The number of fused-ring (bicyclic) bond motifs is 1. The van der Waals surface area contributed by atoms with Crippen LogP contribution in [0, 0.1) is 13.8 Å². The predicted molar refractivity (Wildman–Crippen MR) is 157 cm³/mol. The number of hydrogen-bond donors (Lipinski definition) is 0. The van der Waals surface area contributed by atoms with Crippen molar-refractivity contribution in [1.29, 1.82) is 0 Å². The molecule has 0 spiro atoms. The number of halogens is 1. The third-order valence-electron chi connectivity index (χ3n) is 8.25. The molecule has 0 N–H and O–H groups in total. The van der Waals surface area contributed by atoms with Crippen molar-refractivity contribution in [2.24, 2.45) is 0 Å². The Hall–Kier alpha value is -2.60. The number of benzene rings is 4. The number of rotatable bonds is 5. The van der Waals surface area contributed by atoms with Crippen LogP contribution in [0.3, 0.4) is 0 Å². The van der Waals surface area contributed by atoms with Crippen LogP contribution in [0.5, 0.6) is 5.75 Å². The van der Waals surface area contributed by atoms with Gasteiger partial charge in [0.05, 0.1) is 0 Å². The van der Waals surface area contributed by atoms with Gasteiger partial charge in [-0.2, -0.15) is 0 Å². The molecule has 0 aliphatic heterocycles. The summed E-state index contributed by atoms with van der Waals surface area (Å²) < 4.78 is 6.06. The second-order valence-corrected chi connectivity index (χ2v) is 15.0. The summed E-state index contributed by atoms with van der Waals surface area (Å²) in [7, 11) is 1.84. The molecule has 5 rings (SSSR count). The van der Waals surface area contributed by atoms with Crippen LogP contribution in [0.4, 0.5) is 0 Å². The summed E-state index contributed by atoms with van der Waals surface area (Å²) in [6.45, 7) is 4.11. The van der Waals surface area contributed by atoms with Gasteiger partial charge in [0.25, 0.3) is 0 Å². The zero-order valence-electron chi connectivity index (χ0n) is 21.3. The van der Waals surface area contributed by atoms with E-state index in [-0.39, 0.29) is 12.4 Å². The van der Waals surface area contributed by atoms with E-state index in [1.54, 1.807) is 5.30 Å². The summed E-state index contributed by atoms with van der Waals surface area (Å²) >= 11 is 0. The van der Waals surface area contributed by atoms with Gasteiger partial charge in [0, 0.05) is 0 Å². The van der Waals surface area contributed by atoms with Crippen molar-refractivity contribution >= 4 is 40.2 Å². The fourth-order valence-corrected chi connectivity index (χ4v) is 12.8. The summed E-state index contributed by atoms with van der Waals surface area (Å²) in [5.41, 5.74) is 5.64. The Bertz CT molecular complexity index is 1220.